The molecule has 0 saturated heterocycles. The largest absolute Gasteiger partial charge is 0.320 e. The Morgan fingerprint density at radius 2 is 1.74 bits per heavy atom. The molecule has 3 heteroatoms. The Balaban J connectivity index is 2.21. The van der Waals surface area contributed by atoms with Crippen LogP contribution < -0.4 is 5.73 Å². The molecule has 96 valence electrons. The van der Waals surface area contributed by atoms with Crippen molar-refractivity contribution in [1.82, 2.24) is 0 Å². The van der Waals surface area contributed by atoms with Crippen molar-refractivity contribution in [2.45, 2.75) is 13.0 Å². The van der Waals surface area contributed by atoms with Crippen molar-refractivity contribution in [2.24, 2.45) is 5.73 Å². The standard InChI is InChI=1S/C16H14FNS/c1-10-8-19-9-14(10)16(18)13-6-7-15(17)12-5-3-2-4-11(12)13/h2-9,16H,18H2,1H3. The Kier molecular flexibility index (Phi) is 3.09. The van der Waals surface area contributed by atoms with Gasteiger partial charge in [-0.1, -0.05) is 30.3 Å². The second kappa shape index (κ2) is 4.76. The molecule has 3 aromatic rings. The third-order valence-electron chi connectivity index (χ3n) is 3.47. The highest BCUT2D eigenvalue weighted by atomic mass is 32.1. The van der Waals surface area contributed by atoms with E-state index in [1.165, 1.54) is 11.6 Å². The molecule has 0 aliphatic heterocycles. The first kappa shape index (κ1) is 12.3. The lowest BCUT2D eigenvalue weighted by atomic mass is 9.94. The van der Waals surface area contributed by atoms with E-state index in [4.69, 9.17) is 5.73 Å². The Morgan fingerprint density at radius 1 is 1.00 bits per heavy atom. The van der Waals surface area contributed by atoms with Crippen LogP contribution in [0.4, 0.5) is 4.39 Å². The van der Waals surface area contributed by atoms with E-state index in [9.17, 15) is 4.39 Å². The third-order valence-corrected chi connectivity index (χ3v) is 4.35. The zero-order valence-electron chi connectivity index (χ0n) is 10.6. The van der Waals surface area contributed by atoms with Crippen LogP contribution in [-0.2, 0) is 0 Å². The summed E-state index contributed by atoms with van der Waals surface area (Å²) in [4.78, 5) is 0. The number of aryl methyl sites for hydroxylation is 1. The molecule has 0 amide bonds. The molecule has 0 aliphatic rings. The summed E-state index contributed by atoms with van der Waals surface area (Å²) in [5.74, 6) is -0.200. The van der Waals surface area contributed by atoms with Crippen molar-refractivity contribution >= 4 is 22.1 Å². The van der Waals surface area contributed by atoms with Gasteiger partial charge in [0.15, 0.2) is 0 Å². The van der Waals surface area contributed by atoms with Gasteiger partial charge in [-0.15, -0.1) is 0 Å². The van der Waals surface area contributed by atoms with Crippen molar-refractivity contribution in [3.05, 3.63) is 69.7 Å². The highest BCUT2D eigenvalue weighted by molar-refractivity contribution is 7.08. The van der Waals surface area contributed by atoms with E-state index in [1.807, 2.05) is 18.2 Å². The van der Waals surface area contributed by atoms with Crippen molar-refractivity contribution in [1.29, 1.82) is 0 Å². The van der Waals surface area contributed by atoms with Gasteiger partial charge in [-0.3, -0.25) is 0 Å². The summed E-state index contributed by atoms with van der Waals surface area (Å²) in [5.41, 5.74) is 9.63. The fraction of sp³-hybridized carbons (Fsp3) is 0.125. The lowest BCUT2D eigenvalue weighted by Gasteiger charge is -2.15. The number of rotatable bonds is 2. The van der Waals surface area contributed by atoms with Crippen LogP contribution in [0.2, 0.25) is 0 Å². The normalized spacial score (nSPS) is 12.8. The van der Waals surface area contributed by atoms with E-state index in [0.29, 0.717) is 5.39 Å². The lowest BCUT2D eigenvalue weighted by Crippen LogP contribution is -2.12. The van der Waals surface area contributed by atoms with Crippen LogP contribution in [0, 0.1) is 12.7 Å². The van der Waals surface area contributed by atoms with Gasteiger partial charge in [-0.25, -0.2) is 4.39 Å². The average Bonchev–Trinajstić information content (AvgIpc) is 2.85. The maximum absolute atomic E-state index is 13.8. The first-order valence-corrected chi connectivity index (χ1v) is 7.08. The van der Waals surface area contributed by atoms with Crippen molar-refractivity contribution in [3.63, 3.8) is 0 Å². The first-order valence-electron chi connectivity index (χ1n) is 6.14. The molecule has 0 fully saturated rings. The lowest BCUT2D eigenvalue weighted by molar-refractivity contribution is 0.639. The fourth-order valence-corrected chi connectivity index (χ4v) is 3.30. The van der Waals surface area contributed by atoms with Crippen LogP contribution in [0.5, 0.6) is 0 Å². The van der Waals surface area contributed by atoms with Gasteiger partial charge in [0, 0.05) is 5.39 Å². The highest BCUT2D eigenvalue weighted by Gasteiger charge is 2.16. The fourth-order valence-electron chi connectivity index (χ4n) is 2.41. The van der Waals surface area contributed by atoms with Crippen LogP contribution in [0.15, 0.2) is 47.2 Å². The Bertz CT molecular complexity index is 732. The van der Waals surface area contributed by atoms with Gasteiger partial charge in [-0.2, -0.15) is 11.3 Å². The van der Waals surface area contributed by atoms with E-state index < -0.39 is 0 Å². The minimum Gasteiger partial charge on any atom is -0.320 e. The summed E-state index contributed by atoms with van der Waals surface area (Å²) < 4.78 is 13.8. The molecule has 1 nitrogen and oxygen atoms in total. The second-order valence-corrected chi connectivity index (χ2v) is 5.41. The molecule has 1 atom stereocenters. The second-order valence-electron chi connectivity index (χ2n) is 4.67. The third kappa shape index (κ3) is 2.05. The predicted molar refractivity (Wildman–Crippen MR) is 79.0 cm³/mol. The van der Waals surface area contributed by atoms with E-state index in [-0.39, 0.29) is 11.9 Å². The molecule has 0 aliphatic carbocycles. The maximum Gasteiger partial charge on any atom is 0.131 e. The molecule has 0 saturated carbocycles. The summed E-state index contributed by atoms with van der Waals surface area (Å²) in [7, 11) is 0. The Hall–Kier alpha value is -1.71. The zero-order valence-corrected chi connectivity index (χ0v) is 11.4. The molecule has 0 bridgehead atoms. The average molecular weight is 271 g/mol. The molecule has 3 rings (SSSR count). The summed E-state index contributed by atoms with van der Waals surface area (Å²) in [5, 5.41) is 5.67. The van der Waals surface area contributed by atoms with Crippen LogP contribution >= 0.6 is 11.3 Å². The molecule has 0 radical (unpaired) electrons. The van der Waals surface area contributed by atoms with Crippen LogP contribution in [0.1, 0.15) is 22.7 Å². The minimum absolute atomic E-state index is 0.200. The first-order chi connectivity index (χ1) is 9.18. The molecule has 2 aromatic carbocycles. The SMILES string of the molecule is Cc1cscc1C(N)c1ccc(F)c2ccccc12. The van der Waals surface area contributed by atoms with Crippen molar-refractivity contribution in [3.8, 4) is 0 Å². The van der Waals surface area contributed by atoms with Crippen LogP contribution in [0.3, 0.4) is 0 Å². The zero-order chi connectivity index (χ0) is 13.4. The van der Waals surface area contributed by atoms with Crippen LogP contribution in [-0.4, -0.2) is 0 Å². The highest BCUT2D eigenvalue weighted by Crippen LogP contribution is 2.31. The number of hydrogen-bond acceptors (Lipinski definition) is 2. The van der Waals surface area contributed by atoms with Crippen molar-refractivity contribution < 1.29 is 4.39 Å². The van der Waals surface area contributed by atoms with Gasteiger partial charge in [0.25, 0.3) is 0 Å². The quantitative estimate of drug-likeness (QED) is 0.734. The predicted octanol–water partition coefficient (Wildman–Crippen LogP) is 4.40. The number of thiophene rings is 1. The van der Waals surface area contributed by atoms with Gasteiger partial charge >= 0.3 is 0 Å². The van der Waals surface area contributed by atoms with Gasteiger partial charge < -0.3 is 5.73 Å². The summed E-state index contributed by atoms with van der Waals surface area (Å²) in [6.07, 6.45) is 0. The number of hydrogen-bond donors (Lipinski definition) is 1. The molecule has 19 heavy (non-hydrogen) atoms. The smallest absolute Gasteiger partial charge is 0.131 e. The summed E-state index contributed by atoms with van der Waals surface area (Å²) in [6.45, 7) is 2.05. The number of benzene rings is 2. The molecule has 0 spiro atoms. The molecule has 2 N–H and O–H groups in total. The Morgan fingerprint density at radius 3 is 2.42 bits per heavy atom. The number of nitrogens with two attached hydrogens (primary N) is 1. The molecule has 1 heterocycles. The molecular formula is C16H14FNS. The summed E-state index contributed by atoms with van der Waals surface area (Å²) in [6, 6.07) is 10.6. The van der Waals surface area contributed by atoms with E-state index in [0.717, 1.165) is 16.5 Å². The monoisotopic (exact) mass is 271 g/mol. The topological polar surface area (TPSA) is 26.0 Å². The number of halogens is 1. The molecule has 1 unspecified atom stereocenters. The summed E-state index contributed by atoms with van der Waals surface area (Å²) >= 11 is 1.64. The van der Waals surface area contributed by atoms with E-state index in [1.54, 1.807) is 23.5 Å². The van der Waals surface area contributed by atoms with Crippen LogP contribution in [0.25, 0.3) is 10.8 Å². The molecular weight excluding hydrogens is 257 g/mol. The maximum atomic E-state index is 13.8. The van der Waals surface area contributed by atoms with Crippen molar-refractivity contribution in [2.75, 3.05) is 0 Å². The number of fused-ring (bicyclic) bond motifs is 1. The van der Waals surface area contributed by atoms with Gasteiger partial charge in [0.2, 0.25) is 0 Å². The Labute approximate surface area is 115 Å². The van der Waals surface area contributed by atoms with E-state index >= 15 is 0 Å². The molecule has 1 aromatic heterocycles. The van der Waals surface area contributed by atoms with Gasteiger partial charge in [0.05, 0.1) is 6.04 Å². The minimum atomic E-state index is -0.211. The van der Waals surface area contributed by atoms with Gasteiger partial charge in [0.1, 0.15) is 5.82 Å². The van der Waals surface area contributed by atoms with Gasteiger partial charge in [-0.05, 0) is 45.8 Å². The van der Waals surface area contributed by atoms with E-state index in [2.05, 4.69) is 17.7 Å².